The Hall–Kier alpha value is -2.71. The van der Waals surface area contributed by atoms with Crippen molar-refractivity contribution in [2.45, 2.75) is 38.0 Å². The van der Waals surface area contributed by atoms with Crippen LogP contribution < -0.4 is 0 Å². The Bertz CT molecular complexity index is 1270. The highest BCUT2D eigenvalue weighted by atomic mass is 32.2. The first-order valence-electron chi connectivity index (χ1n) is 10.6. The van der Waals surface area contributed by atoms with E-state index < -0.39 is 10.0 Å². The zero-order valence-corrected chi connectivity index (χ0v) is 18.5. The summed E-state index contributed by atoms with van der Waals surface area (Å²) in [6.07, 6.45) is 2.61. The summed E-state index contributed by atoms with van der Waals surface area (Å²) in [5, 5.41) is 6.00. The molecule has 0 unspecified atom stereocenters. The number of benzene rings is 2. The maximum Gasteiger partial charge on any atom is 0.254 e. The fourth-order valence-electron chi connectivity index (χ4n) is 4.91. The van der Waals surface area contributed by atoms with Gasteiger partial charge >= 0.3 is 0 Å². The second kappa shape index (κ2) is 7.46. The zero-order valence-electron chi connectivity index (χ0n) is 17.7. The number of aryl methyl sites for hydroxylation is 4. The fraction of sp³-hybridized carbons (Fsp3) is 0.391. The van der Waals surface area contributed by atoms with E-state index in [-0.39, 0.29) is 17.3 Å². The third-order valence-corrected chi connectivity index (χ3v) is 8.56. The van der Waals surface area contributed by atoms with Crippen LogP contribution in [0.5, 0.6) is 0 Å². The third kappa shape index (κ3) is 3.25. The van der Waals surface area contributed by atoms with E-state index in [2.05, 4.69) is 17.3 Å². The monoisotopic (exact) mass is 439 g/mol. The van der Waals surface area contributed by atoms with Crippen molar-refractivity contribution in [1.82, 2.24) is 14.4 Å². The topological polar surface area (TPSA) is 83.7 Å². The minimum atomic E-state index is -3.72. The summed E-state index contributed by atoms with van der Waals surface area (Å²) >= 11 is 0. The highest BCUT2D eigenvalue weighted by molar-refractivity contribution is 7.89. The summed E-state index contributed by atoms with van der Waals surface area (Å²) in [5.41, 5.74) is 3.66. The van der Waals surface area contributed by atoms with Crippen molar-refractivity contribution < 1.29 is 17.7 Å². The van der Waals surface area contributed by atoms with E-state index in [1.165, 1.54) is 20.8 Å². The summed E-state index contributed by atoms with van der Waals surface area (Å²) in [5.74, 6) is 0.259. The number of carbonyl (C=O) groups is 1. The maximum absolute atomic E-state index is 13.4. The second-order valence-corrected chi connectivity index (χ2v) is 10.2. The van der Waals surface area contributed by atoms with E-state index in [1.54, 1.807) is 18.7 Å². The van der Waals surface area contributed by atoms with Crippen LogP contribution in [0.3, 0.4) is 0 Å². The van der Waals surface area contributed by atoms with Gasteiger partial charge in [-0.05, 0) is 61.1 Å². The molecule has 1 aliphatic carbocycles. The van der Waals surface area contributed by atoms with Crippen LogP contribution in [-0.2, 0) is 22.9 Å². The average molecular weight is 440 g/mol. The van der Waals surface area contributed by atoms with Crippen LogP contribution in [0.1, 0.15) is 39.4 Å². The van der Waals surface area contributed by atoms with Crippen molar-refractivity contribution in [1.29, 1.82) is 0 Å². The van der Waals surface area contributed by atoms with Gasteiger partial charge in [-0.2, -0.15) is 4.31 Å². The number of hydrogen-bond acceptors (Lipinski definition) is 5. The molecule has 2 aliphatic rings. The van der Waals surface area contributed by atoms with Crippen molar-refractivity contribution in [3.8, 4) is 0 Å². The van der Waals surface area contributed by atoms with Gasteiger partial charge in [0.05, 0.1) is 0 Å². The van der Waals surface area contributed by atoms with E-state index in [1.807, 2.05) is 18.2 Å². The summed E-state index contributed by atoms with van der Waals surface area (Å²) in [6, 6.07) is 10.2. The van der Waals surface area contributed by atoms with Gasteiger partial charge in [0.25, 0.3) is 5.91 Å². The number of rotatable bonds is 3. The second-order valence-electron chi connectivity index (χ2n) is 8.32. The Morgan fingerprint density at radius 3 is 2.52 bits per heavy atom. The lowest BCUT2D eigenvalue weighted by molar-refractivity contribution is 0.0766. The lowest BCUT2D eigenvalue weighted by Crippen LogP contribution is -2.37. The van der Waals surface area contributed by atoms with Gasteiger partial charge in [0.15, 0.2) is 5.76 Å². The predicted octanol–water partition coefficient (Wildman–Crippen LogP) is 3.08. The molecule has 1 saturated heterocycles. The van der Waals surface area contributed by atoms with E-state index in [9.17, 15) is 13.2 Å². The largest absolute Gasteiger partial charge is 0.360 e. The van der Waals surface area contributed by atoms with Crippen LogP contribution in [0.15, 0.2) is 39.8 Å². The number of aromatic nitrogens is 1. The van der Waals surface area contributed by atoms with Gasteiger partial charge in [-0.25, -0.2) is 8.42 Å². The van der Waals surface area contributed by atoms with Gasteiger partial charge in [0.1, 0.15) is 10.6 Å². The quantitative estimate of drug-likeness (QED) is 0.626. The maximum atomic E-state index is 13.4. The summed E-state index contributed by atoms with van der Waals surface area (Å²) in [7, 11) is -3.72. The Kier molecular flexibility index (Phi) is 4.86. The lowest BCUT2D eigenvalue weighted by atomic mass is 9.99. The molecule has 1 aliphatic heterocycles. The molecule has 0 N–H and O–H groups in total. The van der Waals surface area contributed by atoms with Crippen molar-refractivity contribution in [3.05, 3.63) is 58.5 Å². The Labute approximate surface area is 181 Å². The molecule has 1 amide bonds. The Morgan fingerprint density at radius 1 is 1.00 bits per heavy atom. The van der Waals surface area contributed by atoms with Crippen molar-refractivity contribution >= 4 is 26.7 Å². The minimum Gasteiger partial charge on any atom is -0.360 e. The highest BCUT2D eigenvalue weighted by Gasteiger charge is 2.33. The van der Waals surface area contributed by atoms with E-state index >= 15 is 0 Å². The van der Waals surface area contributed by atoms with Crippen LogP contribution in [0.2, 0.25) is 0 Å². The van der Waals surface area contributed by atoms with Gasteiger partial charge in [-0.15, -0.1) is 0 Å². The van der Waals surface area contributed by atoms with Gasteiger partial charge in [0, 0.05) is 31.7 Å². The minimum absolute atomic E-state index is 0.0350. The fourth-order valence-corrected chi connectivity index (χ4v) is 6.67. The molecular weight excluding hydrogens is 414 g/mol. The Balaban J connectivity index is 1.41. The molecule has 8 heteroatoms. The first-order chi connectivity index (χ1) is 14.9. The van der Waals surface area contributed by atoms with Crippen molar-refractivity contribution in [3.63, 3.8) is 0 Å². The predicted molar refractivity (Wildman–Crippen MR) is 117 cm³/mol. The molecule has 0 saturated carbocycles. The first-order valence-corrected chi connectivity index (χ1v) is 12.1. The third-order valence-electron chi connectivity index (χ3n) is 6.42. The molecule has 0 bridgehead atoms. The van der Waals surface area contributed by atoms with Gasteiger partial charge in [-0.3, -0.25) is 4.79 Å². The zero-order chi connectivity index (χ0) is 21.8. The van der Waals surface area contributed by atoms with Crippen LogP contribution in [0, 0.1) is 13.8 Å². The normalized spacial score (nSPS) is 17.3. The van der Waals surface area contributed by atoms with Crippen molar-refractivity contribution in [2.75, 3.05) is 26.2 Å². The first kappa shape index (κ1) is 20.2. The SMILES string of the molecule is Cc1noc(C)c1S(=O)(=O)N1CCCN(C(=O)c2ccc3c4c(cccc24)CC3)CC1. The molecule has 2 aromatic carbocycles. The molecule has 31 heavy (non-hydrogen) atoms. The molecular formula is C23H25N3O4S. The molecule has 1 fully saturated rings. The van der Waals surface area contributed by atoms with Crippen LogP contribution in [0.25, 0.3) is 10.8 Å². The number of nitrogens with zero attached hydrogens (tertiary/aromatic N) is 3. The summed E-state index contributed by atoms with van der Waals surface area (Å²) < 4.78 is 32.8. The molecule has 162 valence electrons. The molecule has 0 atom stereocenters. The molecule has 5 rings (SSSR count). The van der Waals surface area contributed by atoms with E-state index in [0.717, 1.165) is 18.2 Å². The van der Waals surface area contributed by atoms with Gasteiger partial charge in [-0.1, -0.05) is 29.4 Å². The van der Waals surface area contributed by atoms with Crippen LogP contribution >= 0.6 is 0 Å². The van der Waals surface area contributed by atoms with Gasteiger partial charge in [0.2, 0.25) is 10.0 Å². The summed E-state index contributed by atoms with van der Waals surface area (Å²) in [6.45, 7) is 4.72. The molecule has 7 nitrogen and oxygen atoms in total. The highest BCUT2D eigenvalue weighted by Crippen LogP contribution is 2.33. The number of amides is 1. The molecule has 2 heterocycles. The van der Waals surface area contributed by atoms with E-state index in [4.69, 9.17) is 4.52 Å². The van der Waals surface area contributed by atoms with E-state index in [0.29, 0.717) is 43.1 Å². The smallest absolute Gasteiger partial charge is 0.254 e. The van der Waals surface area contributed by atoms with Gasteiger partial charge < -0.3 is 9.42 Å². The lowest BCUT2D eigenvalue weighted by Gasteiger charge is -2.22. The molecule has 3 aromatic rings. The van der Waals surface area contributed by atoms with Crippen molar-refractivity contribution in [2.24, 2.45) is 0 Å². The molecule has 0 spiro atoms. The molecule has 0 radical (unpaired) electrons. The standard InChI is InChI=1S/C23H25N3O4S/c1-15-22(16(2)30-24-15)31(28,29)26-12-4-11-25(13-14-26)23(27)20-10-9-18-8-7-17-5-3-6-19(20)21(17)18/h3,5-6,9-10H,4,7-8,11-14H2,1-2H3. The summed E-state index contributed by atoms with van der Waals surface area (Å²) in [4.78, 5) is 15.4. The number of sulfonamides is 1. The number of hydrogen-bond donors (Lipinski definition) is 0. The van der Waals surface area contributed by atoms with Crippen LogP contribution in [-0.4, -0.2) is 54.9 Å². The average Bonchev–Trinajstić information content (AvgIpc) is 3.22. The molecule has 1 aromatic heterocycles. The van der Waals surface area contributed by atoms with Crippen LogP contribution in [0.4, 0.5) is 0 Å². The Morgan fingerprint density at radius 2 is 1.77 bits per heavy atom. The number of carbonyl (C=O) groups excluding carboxylic acids is 1.